The van der Waals surface area contributed by atoms with E-state index >= 15 is 0 Å². The summed E-state index contributed by atoms with van der Waals surface area (Å²) >= 11 is 0. The van der Waals surface area contributed by atoms with Crippen LogP contribution in [-0.2, 0) is 9.84 Å². The molecule has 4 N–H and O–H groups in total. The van der Waals surface area contributed by atoms with Gasteiger partial charge in [0.25, 0.3) is 0 Å². The summed E-state index contributed by atoms with van der Waals surface area (Å²) < 4.78 is 23.2. The van der Waals surface area contributed by atoms with E-state index in [0.29, 0.717) is 5.69 Å². The molecule has 1 aromatic rings. The maximum absolute atomic E-state index is 11.6. The molecule has 0 radical (unpaired) electrons. The monoisotopic (exact) mass is 212 g/mol. The average Bonchev–Trinajstić information content (AvgIpc) is 2.09. The lowest BCUT2D eigenvalue weighted by Gasteiger charge is -2.05. The maximum Gasteiger partial charge on any atom is 0.184 e. The van der Waals surface area contributed by atoms with Crippen LogP contribution in [0.25, 0.3) is 0 Å². The third kappa shape index (κ3) is 2.05. The largest absolute Gasteiger partial charge is 0.399 e. The normalized spacial score (nSPS) is 11.1. The Labute approximate surface area is 83.1 Å². The minimum absolute atomic E-state index is 0.0670. The molecule has 0 heterocycles. The molecule has 1 rings (SSSR count). The first kappa shape index (κ1) is 10.6. The molecular formula is C9H12N2O2S. The lowest BCUT2D eigenvalue weighted by molar-refractivity contribution is 0.599. The molecule has 0 atom stereocenters. The minimum atomic E-state index is -3.39. The van der Waals surface area contributed by atoms with E-state index in [-0.39, 0.29) is 16.3 Å². The quantitative estimate of drug-likeness (QED) is 0.573. The predicted molar refractivity (Wildman–Crippen MR) is 57.5 cm³/mol. The van der Waals surface area contributed by atoms with Crippen molar-refractivity contribution in [1.82, 2.24) is 0 Å². The summed E-state index contributed by atoms with van der Waals surface area (Å²) in [7, 11) is -3.39. The first-order chi connectivity index (χ1) is 6.47. The van der Waals surface area contributed by atoms with Gasteiger partial charge >= 0.3 is 0 Å². The predicted octanol–water partition coefficient (Wildman–Crippen LogP) is 0.811. The molecule has 76 valence electrons. The summed E-state index contributed by atoms with van der Waals surface area (Å²) in [5.74, 6) is -0.138. The molecule has 0 aliphatic rings. The van der Waals surface area contributed by atoms with Gasteiger partial charge in [0.05, 0.1) is 16.3 Å². The highest BCUT2D eigenvalue weighted by Crippen LogP contribution is 2.22. The molecule has 0 aliphatic heterocycles. The summed E-state index contributed by atoms with van der Waals surface area (Å²) in [6, 6.07) is 4.39. The maximum atomic E-state index is 11.6. The Balaban J connectivity index is 3.31. The van der Waals surface area contributed by atoms with Gasteiger partial charge in [0.2, 0.25) is 0 Å². The van der Waals surface area contributed by atoms with Crippen molar-refractivity contribution in [3.63, 3.8) is 0 Å². The molecule has 0 saturated heterocycles. The highest BCUT2D eigenvalue weighted by molar-refractivity contribution is 7.91. The van der Waals surface area contributed by atoms with Crippen LogP contribution in [0.2, 0.25) is 0 Å². The fourth-order valence-electron chi connectivity index (χ4n) is 1.07. The van der Waals surface area contributed by atoms with Gasteiger partial charge in [-0.15, -0.1) is 6.58 Å². The van der Waals surface area contributed by atoms with Gasteiger partial charge in [0.15, 0.2) is 9.84 Å². The van der Waals surface area contributed by atoms with Crippen molar-refractivity contribution in [3.05, 3.63) is 30.9 Å². The Morgan fingerprint density at radius 2 is 2.00 bits per heavy atom. The summed E-state index contributed by atoms with van der Waals surface area (Å²) in [4.78, 5) is 0.0670. The summed E-state index contributed by atoms with van der Waals surface area (Å²) in [6.45, 7) is 3.37. The number of nitrogen functional groups attached to an aromatic ring is 2. The van der Waals surface area contributed by atoms with Crippen molar-refractivity contribution in [2.45, 2.75) is 4.90 Å². The smallest absolute Gasteiger partial charge is 0.184 e. The molecule has 0 spiro atoms. The summed E-state index contributed by atoms with van der Waals surface area (Å²) in [5, 5.41) is 0. The minimum Gasteiger partial charge on any atom is -0.399 e. The highest BCUT2D eigenvalue weighted by Gasteiger charge is 2.15. The van der Waals surface area contributed by atoms with E-state index in [0.717, 1.165) is 0 Å². The van der Waals surface area contributed by atoms with Crippen LogP contribution < -0.4 is 11.5 Å². The van der Waals surface area contributed by atoms with E-state index in [9.17, 15) is 8.42 Å². The van der Waals surface area contributed by atoms with Crippen LogP contribution in [0.5, 0.6) is 0 Å². The topological polar surface area (TPSA) is 86.2 Å². The molecule has 14 heavy (non-hydrogen) atoms. The van der Waals surface area contributed by atoms with Gasteiger partial charge in [0, 0.05) is 5.69 Å². The van der Waals surface area contributed by atoms with Crippen molar-refractivity contribution < 1.29 is 8.42 Å². The first-order valence-corrected chi connectivity index (χ1v) is 5.61. The van der Waals surface area contributed by atoms with Crippen molar-refractivity contribution in [3.8, 4) is 0 Å². The van der Waals surface area contributed by atoms with Crippen molar-refractivity contribution in [2.75, 3.05) is 17.2 Å². The fraction of sp³-hybridized carbons (Fsp3) is 0.111. The number of hydrogen-bond acceptors (Lipinski definition) is 4. The second kappa shape index (κ2) is 3.71. The van der Waals surface area contributed by atoms with E-state index in [2.05, 4.69) is 6.58 Å². The molecule has 5 heteroatoms. The standard InChI is InChI=1S/C9H12N2O2S/c1-2-5-14(12,13)9-6-7(10)3-4-8(9)11/h2-4,6H,1,5,10-11H2. The van der Waals surface area contributed by atoms with E-state index in [1.807, 2.05) is 0 Å². The van der Waals surface area contributed by atoms with Gasteiger partial charge in [-0.25, -0.2) is 8.42 Å². The van der Waals surface area contributed by atoms with Crippen LogP contribution in [0.4, 0.5) is 11.4 Å². The van der Waals surface area contributed by atoms with Gasteiger partial charge in [-0.2, -0.15) is 0 Å². The number of anilines is 2. The SMILES string of the molecule is C=CCS(=O)(=O)c1cc(N)ccc1N. The molecule has 1 aromatic carbocycles. The van der Waals surface area contributed by atoms with Crippen LogP contribution in [0.3, 0.4) is 0 Å². The van der Waals surface area contributed by atoms with Gasteiger partial charge < -0.3 is 11.5 Å². The Morgan fingerprint density at radius 3 is 2.57 bits per heavy atom. The third-order valence-electron chi connectivity index (χ3n) is 1.71. The molecule has 0 saturated carbocycles. The fourth-order valence-corrected chi connectivity index (χ4v) is 2.30. The molecule has 0 aromatic heterocycles. The van der Waals surface area contributed by atoms with Crippen LogP contribution in [0, 0.1) is 0 Å². The van der Waals surface area contributed by atoms with Gasteiger partial charge in [-0.05, 0) is 18.2 Å². The summed E-state index contributed by atoms with van der Waals surface area (Å²) in [6.07, 6.45) is 1.32. The number of rotatable bonds is 3. The summed E-state index contributed by atoms with van der Waals surface area (Å²) in [5.41, 5.74) is 11.6. The second-order valence-electron chi connectivity index (χ2n) is 2.87. The van der Waals surface area contributed by atoms with E-state index in [4.69, 9.17) is 11.5 Å². The van der Waals surface area contributed by atoms with Crippen LogP contribution in [-0.4, -0.2) is 14.2 Å². The van der Waals surface area contributed by atoms with Crippen molar-refractivity contribution in [1.29, 1.82) is 0 Å². The van der Waals surface area contributed by atoms with Crippen molar-refractivity contribution in [2.24, 2.45) is 0 Å². The Morgan fingerprint density at radius 1 is 1.36 bits per heavy atom. The molecule has 0 amide bonds. The molecule has 0 bridgehead atoms. The second-order valence-corrected chi connectivity index (χ2v) is 4.87. The number of hydrogen-bond donors (Lipinski definition) is 2. The zero-order valence-corrected chi connectivity index (χ0v) is 8.42. The van der Waals surface area contributed by atoms with Crippen LogP contribution in [0.1, 0.15) is 0 Å². The number of benzene rings is 1. The molecule has 0 unspecified atom stereocenters. The lowest BCUT2D eigenvalue weighted by atomic mass is 10.3. The molecule has 0 aliphatic carbocycles. The highest BCUT2D eigenvalue weighted by atomic mass is 32.2. The van der Waals surface area contributed by atoms with Gasteiger partial charge in [0.1, 0.15) is 0 Å². The van der Waals surface area contributed by atoms with Crippen LogP contribution >= 0.6 is 0 Å². The number of sulfone groups is 1. The third-order valence-corrected chi connectivity index (χ3v) is 3.41. The Bertz CT molecular complexity index is 452. The zero-order chi connectivity index (χ0) is 10.8. The molecule has 4 nitrogen and oxygen atoms in total. The van der Waals surface area contributed by atoms with Gasteiger partial charge in [-0.3, -0.25) is 0 Å². The van der Waals surface area contributed by atoms with Crippen LogP contribution in [0.15, 0.2) is 35.7 Å². The Kier molecular flexibility index (Phi) is 2.81. The zero-order valence-electron chi connectivity index (χ0n) is 7.60. The lowest BCUT2D eigenvalue weighted by Crippen LogP contribution is -2.08. The Hall–Kier alpha value is -1.49. The number of nitrogens with two attached hydrogens (primary N) is 2. The van der Waals surface area contributed by atoms with E-state index in [1.54, 1.807) is 6.07 Å². The molecule has 0 fully saturated rings. The first-order valence-electron chi connectivity index (χ1n) is 3.96. The molecular weight excluding hydrogens is 200 g/mol. The van der Waals surface area contributed by atoms with Crippen molar-refractivity contribution >= 4 is 21.2 Å². The van der Waals surface area contributed by atoms with E-state index in [1.165, 1.54) is 18.2 Å². The average molecular weight is 212 g/mol. The van der Waals surface area contributed by atoms with E-state index < -0.39 is 9.84 Å². The van der Waals surface area contributed by atoms with Gasteiger partial charge in [-0.1, -0.05) is 6.08 Å².